The van der Waals surface area contributed by atoms with Gasteiger partial charge in [-0.25, -0.2) is 0 Å². The Morgan fingerprint density at radius 3 is 2.70 bits per heavy atom. The molecule has 2 rings (SSSR count). The van der Waals surface area contributed by atoms with Crippen molar-refractivity contribution in [1.29, 1.82) is 0 Å². The van der Waals surface area contributed by atoms with Crippen LogP contribution in [-0.2, 0) is 0 Å². The summed E-state index contributed by atoms with van der Waals surface area (Å²) in [6.45, 7) is 12.6. The maximum atomic E-state index is 3.55. The molecule has 0 aromatic heterocycles. The lowest BCUT2D eigenvalue weighted by Crippen LogP contribution is -2.28. The van der Waals surface area contributed by atoms with Gasteiger partial charge >= 0.3 is 0 Å². The summed E-state index contributed by atoms with van der Waals surface area (Å²) >= 11 is 0. The van der Waals surface area contributed by atoms with Crippen molar-refractivity contribution in [3.63, 3.8) is 0 Å². The minimum Gasteiger partial charge on any atom is -0.371 e. The highest BCUT2D eigenvalue weighted by atomic mass is 15.1. The van der Waals surface area contributed by atoms with E-state index < -0.39 is 0 Å². The molecular formula is C18H30N2. The van der Waals surface area contributed by atoms with Crippen LogP contribution < -0.4 is 10.2 Å². The van der Waals surface area contributed by atoms with Crippen molar-refractivity contribution in [3.8, 4) is 0 Å². The molecule has 0 amide bonds. The summed E-state index contributed by atoms with van der Waals surface area (Å²) in [6, 6.07) is 9.33. The molecule has 20 heavy (non-hydrogen) atoms. The third kappa shape index (κ3) is 3.76. The molecule has 1 unspecified atom stereocenters. The third-order valence-electron chi connectivity index (χ3n) is 4.59. The molecule has 1 aromatic rings. The highest BCUT2D eigenvalue weighted by molar-refractivity contribution is 5.55. The van der Waals surface area contributed by atoms with E-state index in [9.17, 15) is 0 Å². The van der Waals surface area contributed by atoms with E-state index in [2.05, 4.69) is 62.2 Å². The molecule has 112 valence electrons. The first-order valence-electron chi connectivity index (χ1n) is 8.11. The molecular weight excluding hydrogens is 244 g/mol. The molecule has 1 aliphatic heterocycles. The monoisotopic (exact) mass is 274 g/mol. The van der Waals surface area contributed by atoms with Gasteiger partial charge in [0.05, 0.1) is 0 Å². The highest BCUT2D eigenvalue weighted by Crippen LogP contribution is 2.34. The van der Waals surface area contributed by atoms with E-state index in [0.29, 0.717) is 11.5 Å². The predicted octanol–water partition coefficient (Wildman–Crippen LogP) is 4.37. The number of nitrogens with zero attached hydrogens (tertiary/aromatic N) is 1. The second-order valence-electron chi connectivity index (χ2n) is 6.84. The zero-order chi connectivity index (χ0) is 14.6. The van der Waals surface area contributed by atoms with Crippen LogP contribution in [0.5, 0.6) is 0 Å². The summed E-state index contributed by atoms with van der Waals surface area (Å²) in [7, 11) is 0. The molecule has 0 aliphatic carbocycles. The highest BCUT2D eigenvalue weighted by Gasteiger charge is 2.24. The normalized spacial score (nSPS) is 20.5. The summed E-state index contributed by atoms with van der Waals surface area (Å²) in [5, 5.41) is 3.55. The van der Waals surface area contributed by atoms with Gasteiger partial charge in [0, 0.05) is 24.8 Å². The average molecular weight is 274 g/mol. The average Bonchev–Trinajstić information content (AvgIpc) is 2.60. The topological polar surface area (TPSA) is 15.3 Å². The minimum absolute atomic E-state index is 0.424. The van der Waals surface area contributed by atoms with Crippen LogP contribution in [-0.4, -0.2) is 19.6 Å². The Labute approximate surface area is 124 Å². The van der Waals surface area contributed by atoms with Crippen molar-refractivity contribution in [2.75, 3.05) is 24.5 Å². The van der Waals surface area contributed by atoms with Gasteiger partial charge in [0.1, 0.15) is 0 Å². The molecule has 2 nitrogen and oxygen atoms in total. The van der Waals surface area contributed by atoms with Crippen LogP contribution in [0.3, 0.4) is 0 Å². The first-order chi connectivity index (χ1) is 9.53. The van der Waals surface area contributed by atoms with Crippen molar-refractivity contribution >= 4 is 5.69 Å². The zero-order valence-electron chi connectivity index (χ0n) is 13.6. The van der Waals surface area contributed by atoms with Crippen molar-refractivity contribution in [1.82, 2.24) is 5.32 Å². The predicted molar refractivity (Wildman–Crippen MR) is 88.4 cm³/mol. The summed E-state index contributed by atoms with van der Waals surface area (Å²) in [6.07, 6.45) is 3.93. The van der Waals surface area contributed by atoms with Crippen molar-refractivity contribution in [2.45, 2.75) is 53.0 Å². The second-order valence-corrected chi connectivity index (χ2v) is 6.84. The number of hydrogen-bond acceptors (Lipinski definition) is 2. The largest absolute Gasteiger partial charge is 0.371 e. The Kier molecular flexibility index (Phi) is 5.09. The van der Waals surface area contributed by atoms with E-state index in [0.717, 1.165) is 6.54 Å². The molecule has 2 heteroatoms. The summed E-state index contributed by atoms with van der Waals surface area (Å²) in [4.78, 5) is 2.60. The molecule has 0 spiro atoms. The summed E-state index contributed by atoms with van der Waals surface area (Å²) < 4.78 is 0. The minimum atomic E-state index is 0.424. The van der Waals surface area contributed by atoms with E-state index in [4.69, 9.17) is 0 Å². The molecule has 1 N–H and O–H groups in total. The van der Waals surface area contributed by atoms with Crippen LogP contribution in [0, 0.1) is 5.41 Å². The Hall–Kier alpha value is -1.02. The van der Waals surface area contributed by atoms with Gasteiger partial charge in [0.25, 0.3) is 0 Å². The number of benzene rings is 1. The number of nitrogens with one attached hydrogen (secondary N) is 1. The molecule has 1 aliphatic rings. The summed E-state index contributed by atoms with van der Waals surface area (Å²) in [5.74, 6) is 0. The first-order valence-corrected chi connectivity index (χ1v) is 8.11. The Balaban J connectivity index is 2.19. The number of para-hydroxylation sites is 1. The van der Waals surface area contributed by atoms with Gasteiger partial charge < -0.3 is 10.2 Å². The Bertz CT molecular complexity index is 425. The van der Waals surface area contributed by atoms with Gasteiger partial charge in [0.2, 0.25) is 0 Å². The van der Waals surface area contributed by atoms with Crippen LogP contribution in [0.2, 0.25) is 0 Å². The van der Waals surface area contributed by atoms with E-state index in [1.807, 2.05) is 0 Å². The fourth-order valence-electron chi connectivity index (χ4n) is 3.22. The van der Waals surface area contributed by atoms with Crippen molar-refractivity contribution in [3.05, 3.63) is 29.8 Å². The van der Waals surface area contributed by atoms with Gasteiger partial charge in [-0.15, -0.1) is 0 Å². The lowest BCUT2D eigenvalue weighted by Gasteiger charge is -2.28. The molecule has 1 fully saturated rings. The molecule has 1 atom stereocenters. The van der Waals surface area contributed by atoms with Crippen LogP contribution in [0.1, 0.15) is 58.6 Å². The zero-order valence-corrected chi connectivity index (χ0v) is 13.6. The molecule has 0 bridgehead atoms. The molecule has 1 saturated heterocycles. The number of hydrogen-bond donors (Lipinski definition) is 1. The second kappa shape index (κ2) is 6.62. The molecule has 1 heterocycles. The summed E-state index contributed by atoms with van der Waals surface area (Å²) in [5.41, 5.74) is 3.37. The lowest BCUT2D eigenvalue weighted by atomic mass is 9.85. The van der Waals surface area contributed by atoms with Gasteiger partial charge in [-0.2, -0.15) is 0 Å². The lowest BCUT2D eigenvalue weighted by molar-refractivity contribution is 0.325. The smallest absolute Gasteiger partial charge is 0.0414 e. The fourth-order valence-corrected chi connectivity index (χ4v) is 3.22. The molecule has 0 saturated carbocycles. The third-order valence-corrected chi connectivity index (χ3v) is 4.59. The van der Waals surface area contributed by atoms with Crippen LogP contribution in [0.15, 0.2) is 24.3 Å². The standard InChI is InChI=1S/C18H30N2/c1-5-19-15(2)16-9-6-7-10-17(16)20-13-8-11-18(3,4)12-14-20/h6-7,9-10,15,19H,5,8,11-14H2,1-4H3. The van der Waals surface area contributed by atoms with E-state index in [1.54, 1.807) is 0 Å². The fraction of sp³-hybridized carbons (Fsp3) is 0.667. The number of rotatable bonds is 4. The Morgan fingerprint density at radius 2 is 1.95 bits per heavy atom. The van der Waals surface area contributed by atoms with Crippen molar-refractivity contribution < 1.29 is 0 Å². The van der Waals surface area contributed by atoms with E-state index >= 15 is 0 Å². The van der Waals surface area contributed by atoms with E-state index in [1.165, 1.54) is 43.6 Å². The quantitative estimate of drug-likeness (QED) is 0.877. The van der Waals surface area contributed by atoms with Crippen LogP contribution in [0.4, 0.5) is 5.69 Å². The van der Waals surface area contributed by atoms with Crippen LogP contribution >= 0.6 is 0 Å². The number of anilines is 1. The molecule has 0 radical (unpaired) electrons. The van der Waals surface area contributed by atoms with Crippen molar-refractivity contribution in [2.24, 2.45) is 5.41 Å². The van der Waals surface area contributed by atoms with Gasteiger partial charge in [-0.05, 0) is 49.8 Å². The maximum absolute atomic E-state index is 3.55. The maximum Gasteiger partial charge on any atom is 0.0414 e. The van der Waals surface area contributed by atoms with Gasteiger partial charge in [-0.1, -0.05) is 39.0 Å². The molecule has 1 aromatic carbocycles. The van der Waals surface area contributed by atoms with Gasteiger partial charge in [0.15, 0.2) is 0 Å². The van der Waals surface area contributed by atoms with E-state index in [-0.39, 0.29) is 0 Å². The Morgan fingerprint density at radius 1 is 1.20 bits per heavy atom. The van der Waals surface area contributed by atoms with Crippen LogP contribution in [0.25, 0.3) is 0 Å². The van der Waals surface area contributed by atoms with Gasteiger partial charge in [-0.3, -0.25) is 0 Å². The SMILES string of the molecule is CCNC(C)c1ccccc1N1CCCC(C)(C)CC1. The first kappa shape index (κ1) is 15.4.